The highest BCUT2D eigenvalue weighted by atomic mass is 16.2. The predicted molar refractivity (Wildman–Crippen MR) is 87.9 cm³/mol. The molecule has 1 saturated heterocycles. The molecule has 3 aromatic rings. The third-order valence-electron chi connectivity index (χ3n) is 4.32. The Morgan fingerprint density at radius 1 is 1.04 bits per heavy atom. The number of hydrogen-bond acceptors (Lipinski definition) is 6. The van der Waals surface area contributed by atoms with Gasteiger partial charge in [0.2, 0.25) is 0 Å². The smallest absolute Gasteiger partial charge is 0.276 e. The summed E-state index contributed by atoms with van der Waals surface area (Å²) in [5.41, 5.74) is 2.18. The Morgan fingerprint density at radius 2 is 1.79 bits per heavy atom. The van der Waals surface area contributed by atoms with Crippen LogP contribution in [0.15, 0.2) is 36.7 Å². The summed E-state index contributed by atoms with van der Waals surface area (Å²) in [5, 5.41) is 12.1. The summed E-state index contributed by atoms with van der Waals surface area (Å²) in [4.78, 5) is 20.9. The van der Waals surface area contributed by atoms with E-state index in [2.05, 4.69) is 37.3 Å². The lowest BCUT2D eigenvalue weighted by Gasteiger charge is -2.36. The molecule has 0 unspecified atom stereocenters. The zero-order valence-electron chi connectivity index (χ0n) is 13.3. The minimum absolute atomic E-state index is 0.106. The third-order valence-corrected chi connectivity index (χ3v) is 4.32. The Hall–Kier alpha value is -3.03. The number of piperazine rings is 1. The van der Waals surface area contributed by atoms with E-state index >= 15 is 0 Å². The van der Waals surface area contributed by atoms with Gasteiger partial charge in [0.15, 0.2) is 5.69 Å². The maximum Gasteiger partial charge on any atom is 0.276 e. The minimum Gasteiger partial charge on any atom is -0.368 e. The average molecular weight is 323 g/mol. The molecule has 1 aliphatic heterocycles. The van der Waals surface area contributed by atoms with Crippen molar-refractivity contribution in [3.8, 4) is 0 Å². The number of aryl methyl sites for hydroxylation is 1. The van der Waals surface area contributed by atoms with Gasteiger partial charge in [-0.15, -0.1) is 10.2 Å². The number of hydrogen-bond donors (Lipinski definition) is 0. The zero-order valence-corrected chi connectivity index (χ0v) is 13.3. The quantitative estimate of drug-likeness (QED) is 0.694. The van der Waals surface area contributed by atoms with Gasteiger partial charge in [0.05, 0.1) is 5.69 Å². The van der Waals surface area contributed by atoms with Crippen LogP contribution in [0.3, 0.4) is 0 Å². The van der Waals surface area contributed by atoms with Gasteiger partial charge in [-0.1, -0.05) is 18.2 Å². The number of amides is 1. The van der Waals surface area contributed by atoms with E-state index < -0.39 is 0 Å². The lowest BCUT2D eigenvalue weighted by molar-refractivity contribution is 0.0738. The molecule has 1 aromatic carbocycles. The Bertz CT molecular complexity index is 869. The Morgan fingerprint density at radius 3 is 2.54 bits per heavy atom. The van der Waals surface area contributed by atoms with E-state index in [-0.39, 0.29) is 5.91 Å². The molecule has 8 nitrogen and oxygen atoms in total. The molecular formula is C16H17N7O. The molecule has 24 heavy (non-hydrogen) atoms. The molecule has 0 N–H and O–H groups in total. The molecule has 1 fully saturated rings. The molecule has 0 atom stereocenters. The zero-order chi connectivity index (χ0) is 16.5. The molecule has 1 aliphatic rings. The summed E-state index contributed by atoms with van der Waals surface area (Å²) < 4.78 is 1.54. The number of carbonyl (C=O) groups is 1. The van der Waals surface area contributed by atoms with E-state index in [9.17, 15) is 4.79 Å². The highest BCUT2D eigenvalue weighted by Gasteiger charge is 2.25. The lowest BCUT2D eigenvalue weighted by Crippen LogP contribution is -2.49. The second-order valence-electron chi connectivity index (χ2n) is 5.72. The molecule has 0 spiro atoms. The van der Waals surface area contributed by atoms with E-state index in [0.717, 1.165) is 13.1 Å². The van der Waals surface area contributed by atoms with Crippen LogP contribution < -0.4 is 4.90 Å². The predicted octanol–water partition coefficient (Wildman–Crippen LogP) is 0.790. The third kappa shape index (κ3) is 2.45. The van der Waals surface area contributed by atoms with E-state index in [1.807, 2.05) is 30.0 Å². The fourth-order valence-electron chi connectivity index (χ4n) is 2.96. The largest absolute Gasteiger partial charge is 0.368 e. The first-order chi connectivity index (χ1) is 11.7. The van der Waals surface area contributed by atoms with Crippen LogP contribution in [0, 0.1) is 6.92 Å². The van der Waals surface area contributed by atoms with Crippen LogP contribution in [0.2, 0.25) is 0 Å². The van der Waals surface area contributed by atoms with Gasteiger partial charge < -0.3 is 9.80 Å². The van der Waals surface area contributed by atoms with Crippen molar-refractivity contribution >= 4 is 17.4 Å². The maximum atomic E-state index is 12.8. The maximum absolute atomic E-state index is 12.8. The van der Waals surface area contributed by atoms with Gasteiger partial charge in [-0.05, 0) is 19.1 Å². The monoisotopic (exact) mass is 323 g/mol. The van der Waals surface area contributed by atoms with Gasteiger partial charge in [0.25, 0.3) is 11.7 Å². The van der Waals surface area contributed by atoms with Crippen molar-refractivity contribution in [2.45, 2.75) is 6.92 Å². The molecule has 4 rings (SSSR count). The molecule has 0 bridgehead atoms. The fraction of sp³-hybridized carbons (Fsp3) is 0.312. The molecule has 3 heterocycles. The van der Waals surface area contributed by atoms with Gasteiger partial charge in [-0.25, -0.2) is 0 Å². The topological polar surface area (TPSA) is 79.5 Å². The first kappa shape index (κ1) is 14.6. The van der Waals surface area contributed by atoms with Crippen LogP contribution in [0.5, 0.6) is 0 Å². The molecule has 1 amide bonds. The van der Waals surface area contributed by atoms with Crippen LogP contribution in [-0.4, -0.2) is 61.8 Å². The number of para-hydroxylation sites is 1. The minimum atomic E-state index is -0.106. The van der Waals surface area contributed by atoms with Crippen LogP contribution in [0.25, 0.3) is 5.78 Å². The summed E-state index contributed by atoms with van der Waals surface area (Å²) in [5.74, 6) is 0.294. The first-order valence-corrected chi connectivity index (χ1v) is 7.86. The van der Waals surface area contributed by atoms with Crippen molar-refractivity contribution in [1.82, 2.24) is 29.7 Å². The van der Waals surface area contributed by atoms with Crippen molar-refractivity contribution in [3.05, 3.63) is 48.0 Å². The molecule has 0 saturated carbocycles. The summed E-state index contributed by atoms with van der Waals surface area (Å²) in [6.07, 6.45) is 1.41. The number of benzene rings is 1. The molecule has 2 aromatic heterocycles. The van der Waals surface area contributed by atoms with E-state index in [4.69, 9.17) is 0 Å². The standard InChI is InChI=1S/C16H17N7O/c1-12-14(19-20-16-17-11-18-23(12)16)15(24)22-9-7-21(8-10-22)13-5-3-2-4-6-13/h2-6,11H,7-10H2,1H3. The van der Waals surface area contributed by atoms with E-state index in [0.29, 0.717) is 30.3 Å². The first-order valence-electron chi connectivity index (χ1n) is 7.86. The number of aromatic nitrogens is 5. The molecule has 8 heteroatoms. The molecular weight excluding hydrogens is 306 g/mol. The summed E-state index contributed by atoms with van der Waals surface area (Å²) in [7, 11) is 0. The van der Waals surface area contributed by atoms with Crippen molar-refractivity contribution in [3.63, 3.8) is 0 Å². The number of nitrogens with zero attached hydrogens (tertiary/aromatic N) is 7. The van der Waals surface area contributed by atoms with Crippen molar-refractivity contribution in [1.29, 1.82) is 0 Å². The normalized spacial score (nSPS) is 15.0. The highest BCUT2D eigenvalue weighted by Crippen LogP contribution is 2.17. The summed E-state index contributed by atoms with van der Waals surface area (Å²) in [6, 6.07) is 10.2. The SMILES string of the molecule is Cc1c(C(=O)N2CCN(c3ccccc3)CC2)nnc2ncnn12. The molecule has 0 radical (unpaired) electrons. The van der Waals surface area contributed by atoms with Gasteiger partial charge in [0.1, 0.15) is 6.33 Å². The molecule has 122 valence electrons. The van der Waals surface area contributed by atoms with Crippen LogP contribution in [0.1, 0.15) is 16.2 Å². The van der Waals surface area contributed by atoms with Crippen molar-refractivity contribution < 1.29 is 4.79 Å². The second kappa shape index (κ2) is 5.88. The van der Waals surface area contributed by atoms with Gasteiger partial charge in [-0.2, -0.15) is 14.6 Å². The highest BCUT2D eigenvalue weighted by molar-refractivity contribution is 5.93. The average Bonchev–Trinajstić information content (AvgIpc) is 3.12. The summed E-state index contributed by atoms with van der Waals surface area (Å²) >= 11 is 0. The Balaban J connectivity index is 1.50. The van der Waals surface area contributed by atoms with Crippen LogP contribution in [-0.2, 0) is 0 Å². The van der Waals surface area contributed by atoms with E-state index in [1.54, 1.807) is 4.52 Å². The van der Waals surface area contributed by atoms with Crippen LogP contribution >= 0.6 is 0 Å². The van der Waals surface area contributed by atoms with Crippen molar-refractivity contribution in [2.24, 2.45) is 0 Å². The van der Waals surface area contributed by atoms with Gasteiger partial charge >= 0.3 is 0 Å². The van der Waals surface area contributed by atoms with Crippen molar-refractivity contribution in [2.75, 3.05) is 31.1 Å². The summed E-state index contributed by atoms with van der Waals surface area (Å²) in [6.45, 7) is 4.72. The Labute approximate surface area is 138 Å². The Kier molecular flexibility index (Phi) is 3.56. The molecule has 0 aliphatic carbocycles. The number of rotatable bonds is 2. The van der Waals surface area contributed by atoms with Crippen LogP contribution in [0.4, 0.5) is 5.69 Å². The number of carbonyl (C=O) groups excluding carboxylic acids is 1. The van der Waals surface area contributed by atoms with Gasteiger partial charge in [-0.3, -0.25) is 4.79 Å². The second-order valence-corrected chi connectivity index (χ2v) is 5.72. The van der Waals surface area contributed by atoms with E-state index in [1.165, 1.54) is 12.0 Å². The van der Waals surface area contributed by atoms with Gasteiger partial charge in [0, 0.05) is 31.9 Å². The lowest BCUT2D eigenvalue weighted by atomic mass is 10.2. The number of anilines is 1. The fourth-order valence-corrected chi connectivity index (χ4v) is 2.96. The number of fused-ring (bicyclic) bond motifs is 1.